The molecule has 0 spiro atoms. The number of nitrogens with zero attached hydrogens (tertiary/aromatic N) is 3. The molecule has 2 heterocycles. The molecule has 5 heteroatoms. The van der Waals surface area contributed by atoms with Crippen molar-refractivity contribution in [1.82, 2.24) is 14.8 Å². The zero-order chi connectivity index (χ0) is 14.4. The number of benzene rings is 2. The topological polar surface area (TPSA) is 68.0 Å². The van der Waals surface area contributed by atoms with E-state index in [0.29, 0.717) is 5.56 Å². The van der Waals surface area contributed by atoms with Crippen LogP contribution in [-0.2, 0) is 13.0 Å². The lowest BCUT2D eigenvalue weighted by Gasteiger charge is -2.09. The zero-order valence-corrected chi connectivity index (χ0v) is 11.3. The summed E-state index contributed by atoms with van der Waals surface area (Å²) >= 11 is 0. The summed E-state index contributed by atoms with van der Waals surface area (Å²) in [6.07, 6.45) is 2.00. The van der Waals surface area contributed by atoms with Gasteiger partial charge in [0.2, 0.25) is 0 Å². The second kappa shape index (κ2) is 4.41. The molecule has 3 aromatic rings. The molecule has 0 saturated heterocycles. The van der Waals surface area contributed by atoms with Crippen molar-refractivity contribution >= 4 is 16.7 Å². The number of fused-ring (bicyclic) bond motifs is 2. The maximum absolute atomic E-state index is 11.5. The van der Waals surface area contributed by atoms with E-state index >= 15 is 0 Å². The van der Waals surface area contributed by atoms with Crippen LogP contribution in [0.1, 0.15) is 22.6 Å². The van der Waals surface area contributed by atoms with Gasteiger partial charge in [-0.15, -0.1) is 10.2 Å². The molecule has 1 N–H and O–H groups in total. The third-order valence-electron chi connectivity index (χ3n) is 3.99. The Labute approximate surface area is 120 Å². The molecule has 0 atom stereocenters. The Morgan fingerprint density at radius 1 is 1.14 bits per heavy atom. The van der Waals surface area contributed by atoms with Crippen LogP contribution in [0, 0.1) is 0 Å². The predicted molar refractivity (Wildman–Crippen MR) is 78.2 cm³/mol. The number of rotatable bonds is 2. The summed E-state index contributed by atoms with van der Waals surface area (Å²) in [5, 5.41) is 19.6. The van der Waals surface area contributed by atoms with Crippen LogP contribution >= 0.6 is 0 Å². The van der Waals surface area contributed by atoms with E-state index in [4.69, 9.17) is 0 Å². The standard InChI is InChI=1S/C16H13N3O2/c20-16(21)12-7-2-5-10-4-1-6-11(14(10)12)15-18-17-13-8-3-9-19(13)15/h1-2,4-7H,3,8-9H2,(H,20,21). The van der Waals surface area contributed by atoms with Gasteiger partial charge in [-0.05, 0) is 17.9 Å². The molecule has 21 heavy (non-hydrogen) atoms. The Morgan fingerprint density at radius 2 is 1.95 bits per heavy atom. The summed E-state index contributed by atoms with van der Waals surface area (Å²) < 4.78 is 2.09. The normalized spacial score (nSPS) is 13.5. The van der Waals surface area contributed by atoms with Crippen LogP contribution in [0.4, 0.5) is 0 Å². The van der Waals surface area contributed by atoms with Gasteiger partial charge in [-0.3, -0.25) is 0 Å². The van der Waals surface area contributed by atoms with E-state index in [2.05, 4.69) is 14.8 Å². The van der Waals surface area contributed by atoms with Gasteiger partial charge < -0.3 is 9.67 Å². The molecule has 0 aliphatic carbocycles. The van der Waals surface area contributed by atoms with Crippen molar-refractivity contribution in [3.8, 4) is 11.4 Å². The summed E-state index contributed by atoms with van der Waals surface area (Å²) in [7, 11) is 0. The van der Waals surface area contributed by atoms with Crippen LogP contribution in [0.5, 0.6) is 0 Å². The quantitative estimate of drug-likeness (QED) is 0.783. The first-order valence-electron chi connectivity index (χ1n) is 6.93. The van der Waals surface area contributed by atoms with Crippen molar-refractivity contribution in [1.29, 1.82) is 0 Å². The minimum Gasteiger partial charge on any atom is -0.478 e. The van der Waals surface area contributed by atoms with Gasteiger partial charge >= 0.3 is 5.97 Å². The highest BCUT2D eigenvalue weighted by atomic mass is 16.4. The van der Waals surface area contributed by atoms with Gasteiger partial charge in [0.15, 0.2) is 5.82 Å². The fourth-order valence-electron chi connectivity index (χ4n) is 3.06. The third kappa shape index (κ3) is 1.74. The number of hydrogen-bond donors (Lipinski definition) is 1. The van der Waals surface area contributed by atoms with E-state index in [1.54, 1.807) is 12.1 Å². The van der Waals surface area contributed by atoms with Crippen LogP contribution in [-0.4, -0.2) is 25.8 Å². The Balaban J connectivity index is 2.07. The van der Waals surface area contributed by atoms with E-state index < -0.39 is 5.97 Å². The average molecular weight is 279 g/mol. The third-order valence-corrected chi connectivity index (χ3v) is 3.99. The van der Waals surface area contributed by atoms with Crippen molar-refractivity contribution in [2.24, 2.45) is 0 Å². The molecule has 0 bridgehead atoms. The second-order valence-corrected chi connectivity index (χ2v) is 5.21. The first kappa shape index (κ1) is 12.1. The lowest BCUT2D eigenvalue weighted by molar-refractivity contribution is 0.0699. The smallest absolute Gasteiger partial charge is 0.336 e. The van der Waals surface area contributed by atoms with Gasteiger partial charge in [-0.1, -0.05) is 30.3 Å². The van der Waals surface area contributed by atoms with Crippen LogP contribution in [0.2, 0.25) is 0 Å². The molecular formula is C16H13N3O2. The number of carboxylic acids is 1. The number of aryl methyl sites for hydroxylation is 1. The van der Waals surface area contributed by atoms with Crippen LogP contribution in [0.3, 0.4) is 0 Å². The van der Waals surface area contributed by atoms with E-state index in [1.807, 2.05) is 24.3 Å². The lowest BCUT2D eigenvalue weighted by Crippen LogP contribution is -2.01. The first-order valence-corrected chi connectivity index (χ1v) is 6.93. The molecule has 0 unspecified atom stereocenters. The SMILES string of the molecule is O=C(O)c1cccc2cccc(-c3nnc4n3CCC4)c12. The summed E-state index contributed by atoms with van der Waals surface area (Å²) in [5.41, 5.74) is 1.14. The highest BCUT2D eigenvalue weighted by Crippen LogP contribution is 2.32. The minimum absolute atomic E-state index is 0.304. The highest BCUT2D eigenvalue weighted by molar-refractivity contribution is 6.09. The van der Waals surface area contributed by atoms with E-state index in [9.17, 15) is 9.90 Å². The minimum atomic E-state index is -0.922. The molecule has 5 nitrogen and oxygen atoms in total. The summed E-state index contributed by atoms with van der Waals surface area (Å²) in [4.78, 5) is 11.5. The van der Waals surface area contributed by atoms with E-state index in [-0.39, 0.29) is 0 Å². The Hall–Kier alpha value is -2.69. The molecule has 1 aliphatic heterocycles. The fraction of sp³-hybridized carbons (Fsp3) is 0.188. The van der Waals surface area contributed by atoms with Gasteiger partial charge in [0.1, 0.15) is 5.82 Å². The second-order valence-electron chi connectivity index (χ2n) is 5.21. The molecular weight excluding hydrogens is 266 g/mol. The molecule has 1 aliphatic rings. The monoisotopic (exact) mass is 279 g/mol. The Morgan fingerprint density at radius 3 is 2.76 bits per heavy atom. The fourth-order valence-corrected chi connectivity index (χ4v) is 3.06. The molecule has 1 aromatic heterocycles. The van der Waals surface area contributed by atoms with Crippen molar-refractivity contribution in [2.75, 3.05) is 0 Å². The van der Waals surface area contributed by atoms with Crippen LogP contribution < -0.4 is 0 Å². The average Bonchev–Trinajstić information content (AvgIpc) is 3.09. The van der Waals surface area contributed by atoms with Crippen molar-refractivity contribution in [2.45, 2.75) is 19.4 Å². The maximum Gasteiger partial charge on any atom is 0.336 e. The number of aromatic carboxylic acids is 1. The van der Waals surface area contributed by atoms with Gasteiger partial charge in [-0.25, -0.2) is 4.79 Å². The first-order chi connectivity index (χ1) is 10.3. The van der Waals surface area contributed by atoms with Gasteiger partial charge in [0.25, 0.3) is 0 Å². The van der Waals surface area contributed by atoms with Gasteiger partial charge in [-0.2, -0.15) is 0 Å². The molecule has 4 rings (SSSR count). The molecule has 0 radical (unpaired) electrons. The number of carboxylic acid groups (broad SMARTS) is 1. The van der Waals surface area contributed by atoms with Gasteiger partial charge in [0.05, 0.1) is 5.56 Å². The maximum atomic E-state index is 11.5. The van der Waals surface area contributed by atoms with Crippen LogP contribution in [0.25, 0.3) is 22.2 Å². The number of hydrogen-bond acceptors (Lipinski definition) is 3. The Kier molecular flexibility index (Phi) is 2.54. The van der Waals surface area contributed by atoms with Crippen molar-refractivity contribution in [3.05, 3.63) is 47.8 Å². The summed E-state index contributed by atoms with van der Waals surface area (Å²) in [5.74, 6) is 0.825. The molecule has 2 aromatic carbocycles. The van der Waals surface area contributed by atoms with Crippen LogP contribution in [0.15, 0.2) is 36.4 Å². The van der Waals surface area contributed by atoms with Crippen molar-refractivity contribution < 1.29 is 9.90 Å². The zero-order valence-electron chi connectivity index (χ0n) is 11.3. The van der Waals surface area contributed by atoms with E-state index in [0.717, 1.165) is 47.4 Å². The number of aromatic nitrogens is 3. The molecule has 0 amide bonds. The summed E-state index contributed by atoms with van der Waals surface area (Å²) in [6, 6.07) is 11.1. The highest BCUT2D eigenvalue weighted by Gasteiger charge is 2.21. The van der Waals surface area contributed by atoms with Gasteiger partial charge in [0, 0.05) is 23.9 Å². The lowest BCUT2D eigenvalue weighted by atomic mass is 9.98. The number of carbonyl (C=O) groups is 1. The van der Waals surface area contributed by atoms with E-state index in [1.165, 1.54) is 0 Å². The molecule has 0 fully saturated rings. The molecule has 104 valence electrons. The predicted octanol–water partition coefficient (Wildman–Crippen LogP) is 2.74. The summed E-state index contributed by atoms with van der Waals surface area (Å²) in [6.45, 7) is 0.892. The Bertz CT molecular complexity index is 862. The molecule has 0 saturated carbocycles. The van der Waals surface area contributed by atoms with Crippen molar-refractivity contribution in [3.63, 3.8) is 0 Å². The largest absolute Gasteiger partial charge is 0.478 e.